The van der Waals surface area contributed by atoms with Crippen LogP contribution < -0.4 is 25.4 Å². The molecule has 0 fully saturated rings. The molecular formula is C21H23N5O4S. The van der Waals surface area contributed by atoms with E-state index in [2.05, 4.69) is 15.5 Å². The molecule has 3 aromatic rings. The number of thioether (sulfide) groups is 1. The van der Waals surface area contributed by atoms with E-state index in [1.54, 1.807) is 14.0 Å². The van der Waals surface area contributed by atoms with Gasteiger partial charge in [-0.05, 0) is 42.3 Å². The van der Waals surface area contributed by atoms with E-state index in [-0.39, 0.29) is 12.7 Å². The monoisotopic (exact) mass is 441 g/mol. The van der Waals surface area contributed by atoms with Gasteiger partial charge >= 0.3 is 0 Å². The molecule has 0 bridgehead atoms. The molecule has 4 rings (SSSR count). The summed E-state index contributed by atoms with van der Waals surface area (Å²) in [5.74, 6) is 8.84. The molecule has 10 heteroatoms. The second-order valence-corrected chi connectivity index (χ2v) is 8.27. The van der Waals surface area contributed by atoms with Gasteiger partial charge in [0.15, 0.2) is 17.3 Å². The highest BCUT2D eigenvalue weighted by molar-refractivity contribution is 8.00. The average Bonchev–Trinajstić information content (AvgIpc) is 3.39. The van der Waals surface area contributed by atoms with Crippen LogP contribution in [0.25, 0.3) is 0 Å². The van der Waals surface area contributed by atoms with E-state index in [1.165, 1.54) is 16.4 Å². The van der Waals surface area contributed by atoms with E-state index >= 15 is 0 Å². The van der Waals surface area contributed by atoms with Gasteiger partial charge in [-0.2, -0.15) is 0 Å². The quantitative estimate of drug-likeness (QED) is 0.404. The highest BCUT2D eigenvalue weighted by atomic mass is 32.2. The first-order chi connectivity index (χ1) is 15.0. The number of nitrogens with one attached hydrogen (secondary N) is 1. The highest BCUT2D eigenvalue weighted by Crippen LogP contribution is 2.32. The Morgan fingerprint density at radius 3 is 2.71 bits per heavy atom. The molecule has 1 aliphatic rings. The fourth-order valence-electron chi connectivity index (χ4n) is 3.03. The predicted molar refractivity (Wildman–Crippen MR) is 116 cm³/mol. The van der Waals surface area contributed by atoms with Gasteiger partial charge in [0, 0.05) is 13.0 Å². The van der Waals surface area contributed by atoms with Gasteiger partial charge in [-0.3, -0.25) is 4.79 Å². The van der Waals surface area contributed by atoms with Gasteiger partial charge in [-0.25, -0.2) is 4.68 Å². The second-order valence-electron chi connectivity index (χ2n) is 6.96. The molecule has 0 aliphatic carbocycles. The first-order valence-corrected chi connectivity index (χ1v) is 10.6. The zero-order chi connectivity index (χ0) is 21.8. The third kappa shape index (κ3) is 4.85. The van der Waals surface area contributed by atoms with E-state index in [1.807, 2.05) is 42.5 Å². The van der Waals surface area contributed by atoms with Gasteiger partial charge in [0.2, 0.25) is 17.9 Å². The summed E-state index contributed by atoms with van der Waals surface area (Å²) < 4.78 is 17.3. The Morgan fingerprint density at radius 1 is 1.19 bits per heavy atom. The standard InChI is InChI=1S/C21H23N5O4S/c1-13(20(27)23-11-15-5-8-17-18(9-15)30-12-29-17)31-21-25-24-19(26(21)22)10-14-3-6-16(28-2)7-4-14/h3-9,13H,10-12,22H2,1-2H3,(H,23,27). The van der Waals surface area contributed by atoms with Crippen LogP contribution in [-0.2, 0) is 17.8 Å². The predicted octanol–water partition coefficient (Wildman–Crippen LogP) is 2.12. The maximum Gasteiger partial charge on any atom is 0.233 e. The maximum atomic E-state index is 12.5. The molecule has 3 N–H and O–H groups in total. The van der Waals surface area contributed by atoms with Crippen molar-refractivity contribution in [2.24, 2.45) is 0 Å². The first-order valence-electron chi connectivity index (χ1n) is 9.68. The molecule has 1 unspecified atom stereocenters. The molecule has 31 heavy (non-hydrogen) atoms. The number of aromatic nitrogens is 3. The summed E-state index contributed by atoms with van der Waals surface area (Å²) in [6.07, 6.45) is 0.527. The molecule has 0 saturated carbocycles. The third-order valence-electron chi connectivity index (χ3n) is 4.81. The number of fused-ring (bicyclic) bond motifs is 1. The van der Waals surface area contributed by atoms with Crippen molar-refractivity contribution in [3.8, 4) is 17.2 Å². The molecule has 162 valence electrons. The van der Waals surface area contributed by atoms with Crippen LogP contribution in [-0.4, -0.2) is 39.9 Å². The van der Waals surface area contributed by atoms with Gasteiger partial charge in [0.1, 0.15) is 5.75 Å². The highest BCUT2D eigenvalue weighted by Gasteiger charge is 2.20. The molecule has 9 nitrogen and oxygen atoms in total. The number of methoxy groups -OCH3 is 1. The lowest BCUT2D eigenvalue weighted by Gasteiger charge is -2.12. The molecule has 1 aromatic heterocycles. The van der Waals surface area contributed by atoms with Crippen molar-refractivity contribution in [2.45, 2.75) is 30.3 Å². The topological polar surface area (TPSA) is 114 Å². The lowest BCUT2D eigenvalue weighted by molar-refractivity contribution is -0.120. The molecule has 0 spiro atoms. The summed E-state index contributed by atoms with van der Waals surface area (Å²) in [4.78, 5) is 12.5. The van der Waals surface area contributed by atoms with E-state index in [9.17, 15) is 4.79 Å². The van der Waals surface area contributed by atoms with Crippen LogP contribution >= 0.6 is 11.8 Å². The maximum absolute atomic E-state index is 12.5. The Hall–Kier alpha value is -3.40. The summed E-state index contributed by atoms with van der Waals surface area (Å²) in [5.41, 5.74) is 1.96. The molecule has 0 saturated heterocycles. The van der Waals surface area contributed by atoms with Crippen LogP contribution in [0.15, 0.2) is 47.6 Å². The number of hydrogen-bond acceptors (Lipinski definition) is 8. The number of carbonyl (C=O) groups excluding carboxylic acids is 1. The molecule has 1 aliphatic heterocycles. The smallest absolute Gasteiger partial charge is 0.233 e. The van der Waals surface area contributed by atoms with Gasteiger partial charge in [0.05, 0.1) is 12.4 Å². The lowest BCUT2D eigenvalue weighted by atomic mass is 10.1. The van der Waals surface area contributed by atoms with E-state index in [4.69, 9.17) is 20.1 Å². The number of hydrogen-bond donors (Lipinski definition) is 2. The number of benzene rings is 2. The van der Waals surface area contributed by atoms with Gasteiger partial charge in [-0.15, -0.1) is 10.2 Å². The Morgan fingerprint density at radius 2 is 1.94 bits per heavy atom. The number of nitrogens with zero attached hydrogens (tertiary/aromatic N) is 3. The number of carbonyl (C=O) groups is 1. The Labute approximate surface area is 183 Å². The molecule has 0 radical (unpaired) electrons. The Balaban J connectivity index is 1.32. The summed E-state index contributed by atoms with van der Waals surface area (Å²) in [7, 11) is 1.63. The van der Waals surface area contributed by atoms with Crippen molar-refractivity contribution in [1.82, 2.24) is 20.2 Å². The van der Waals surface area contributed by atoms with Crippen LogP contribution in [0, 0.1) is 0 Å². The minimum Gasteiger partial charge on any atom is -0.497 e. The van der Waals surface area contributed by atoms with E-state index in [0.29, 0.717) is 35.4 Å². The number of nitrogens with two attached hydrogens (primary N) is 1. The first kappa shape index (κ1) is 20.9. The summed E-state index contributed by atoms with van der Waals surface area (Å²) >= 11 is 1.26. The molecule has 2 aromatic carbocycles. The van der Waals surface area contributed by atoms with Crippen molar-refractivity contribution >= 4 is 17.7 Å². The second kappa shape index (κ2) is 9.17. The summed E-state index contributed by atoms with van der Waals surface area (Å²) in [6, 6.07) is 13.3. The number of ether oxygens (including phenoxy) is 3. The third-order valence-corrected chi connectivity index (χ3v) is 5.87. The van der Waals surface area contributed by atoms with Gasteiger partial charge in [-0.1, -0.05) is 30.0 Å². The van der Waals surface area contributed by atoms with Crippen molar-refractivity contribution < 1.29 is 19.0 Å². The molecular weight excluding hydrogens is 418 g/mol. The number of nitrogen functional groups attached to an aromatic ring is 1. The van der Waals surface area contributed by atoms with Crippen LogP contribution in [0.5, 0.6) is 17.2 Å². The molecule has 1 amide bonds. The van der Waals surface area contributed by atoms with Gasteiger partial charge < -0.3 is 25.4 Å². The minimum atomic E-state index is -0.394. The minimum absolute atomic E-state index is 0.123. The SMILES string of the molecule is COc1ccc(Cc2nnc(SC(C)C(=O)NCc3ccc4c(c3)OCO4)n2N)cc1. The van der Waals surface area contributed by atoms with Crippen molar-refractivity contribution in [2.75, 3.05) is 19.7 Å². The largest absolute Gasteiger partial charge is 0.497 e. The van der Waals surface area contributed by atoms with Crippen LogP contribution in [0.4, 0.5) is 0 Å². The zero-order valence-electron chi connectivity index (χ0n) is 17.2. The normalized spacial score (nSPS) is 13.1. The van der Waals surface area contributed by atoms with Crippen molar-refractivity contribution in [3.05, 3.63) is 59.4 Å². The average molecular weight is 442 g/mol. The fraction of sp³-hybridized carbons (Fsp3) is 0.286. The van der Waals surface area contributed by atoms with E-state index < -0.39 is 5.25 Å². The van der Waals surface area contributed by atoms with Crippen LogP contribution in [0.1, 0.15) is 23.9 Å². The van der Waals surface area contributed by atoms with Crippen molar-refractivity contribution in [1.29, 1.82) is 0 Å². The molecule has 2 heterocycles. The number of rotatable bonds is 8. The Bertz CT molecular complexity index is 1070. The number of amides is 1. The van der Waals surface area contributed by atoms with Crippen LogP contribution in [0.2, 0.25) is 0 Å². The molecule has 1 atom stereocenters. The fourth-order valence-corrected chi connectivity index (χ4v) is 3.84. The van der Waals surface area contributed by atoms with E-state index in [0.717, 1.165) is 16.9 Å². The summed E-state index contributed by atoms with van der Waals surface area (Å²) in [6.45, 7) is 2.41. The summed E-state index contributed by atoms with van der Waals surface area (Å²) in [5, 5.41) is 11.3. The Kier molecular flexibility index (Phi) is 6.17. The van der Waals surface area contributed by atoms with Gasteiger partial charge in [0.25, 0.3) is 0 Å². The lowest BCUT2D eigenvalue weighted by Crippen LogP contribution is -2.31. The zero-order valence-corrected chi connectivity index (χ0v) is 18.0. The van der Waals surface area contributed by atoms with Crippen molar-refractivity contribution in [3.63, 3.8) is 0 Å². The van der Waals surface area contributed by atoms with Crippen LogP contribution in [0.3, 0.4) is 0 Å².